The molecule has 0 aliphatic rings. The molecule has 1 N–H and O–H groups in total. The monoisotopic (exact) mass is 523 g/mol. The van der Waals surface area contributed by atoms with Gasteiger partial charge >= 0.3 is 12.1 Å². The first-order valence-corrected chi connectivity index (χ1v) is 12.1. The summed E-state index contributed by atoms with van der Waals surface area (Å²) in [6.07, 6.45) is -4.69. The first-order valence-electron chi connectivity index (χ1n) is 10.7. The molecule has 3 aromatic rings. The number of methoxy groups -OCH3 is 1. The summed E-state index contributed by atoms with van der Waals surface area (Å²) in [5.74, 6) is -1.47. The fraction of sp³-hybridized carbons (Fsp3) is 0.240. The van der Waals surface area contributed by atoms with Crippen molar-refractivity contribution in [3.63, 3.8) is 0 Å². The number of aromatic carboxylic acids is 1. The molecule has 192 valence electrons. The van der Waals surface area contributed by atoms with E-state index in [0.29, 0.717) is 5.56 Å². The van der Waals surface area contributed by atoms with Gasteiger partial charge in [0.2, 0.25) is 0 Å². The highest BCUT2D eigenvalue weighted by atomic mass is 32.2. The van der Waals surface area contributed by atoms with E-state index in [2.05, 4.69) is 0 Å². The Morgan fingerprint density at radius 2 is 1.67 bits per heavy atom. The zero-order valence-corrected chi connectivity index (χ0v) is 20.4. The molecule has 0 spiro atoms. The predicted octanol–water partition coefficient (Wildman–Crippen LogP) is 5.59. The van der Waals surface area contributed by atoms with Crippen molar-refractivity contribution >= 4 is 21.7 Å². The Labute approximate surface area is 206 Å². The molecule has 0 fully saturated rings. The standard InChI is InChI=1S/C25H24F3NO6S/c1-16(2)29(36(32,33)19-7-5-4-6-8-19)21-12-10-18(25(26,27)28)14-23(21)35-15-17-9-11-20(24(30)31)22(13-17)34-3/h4-14,16H,15H2,1-3H3,(H,30,31). The van der Waals surface area contributed by atoms with Crippen molar-refractivity contribution in [3.05, 3.63) is 83.4 Å². The summed E-state index contributed by atoms with van der Waals surface area (Å²) in [6.45, 7) is 2.91. The number of benzene rings is 3. The van der Waals surface area contributed by atoms with E-state index < -0.39 is 33.8 Å². The van der Waals surface area contributed by atoms with Gasteiger partial charge in [-0.05, 0) is 61.9 Å². The van der Waals surface area contributed by atoms with Crippen LogP contribution >= 0.6 is 0 Å². The first kappa shape index (κ1) is 26.9. The van der Waals surface area contributed by atoms with Crippen LogP contribution in [-0.2, 0) is 22.8 Å². The molecular formula is C25H24F3NO6S. The summed E-state index contributed by atoms with van der Waals surface area (Å²) in [4.78, 5) is 11.3. The third kappa shape index (κ3) is 5.73. The number of anilines is 1. The SMILES string of the molecule is COc1cc(COc2cc(C(F)(F)F)ccc2N(C(C)C)S(=O)(=O)c2ccccc2)ccc1C(=O)O. The normalized spacial score (nSPS) is 11.9. The molecule has 7 nitrogen and oxygen atoms in total. The largest absolute Gasteiger partial charge is 0.496 e. The van der Waals surface area contributed by atoms with E-state index in [4.69, 9.17) is 9.47 Å². The number of halogens is 3. The van der Waals surface area contributed by atoms with E-state index in [1.165, 1.54) is 37.4 Å². The lowest BCUT2D eigenvalue weighted by molar-refractivity contribution is -0.137. The van der Waals surface area contributed by atoms with Gasteiger partial charge in [0.05, 0.1) is 23.3 Å². The highest BCUT2D eigenvalue weighted by Crippen LogP contribution is 2.40. The predicted molar refractivity (Wildman–Crippen MR) is 127 cm³/mol. The average molecular weight is 524 g/mol. The molecule has 0 saturated heterocycles. The highest BCUT2D eigenvalue weighted by Gasteiger charge is 2.34. The summed E-state index contributed by atoms with van der Waals surface area (Å²) in [6, 6.07) is 13.6. The summed E-state index contributed by atoms with van der Waals surface area (Å²) in [5.41, 5.74) is -0.778. The lowest BCUT2D eigenvalue weighted by Gasteiger charge is -2.30. The summed E-state index contributed by atoms with van der Waals surface area (Å²) in [7, 11) is -2.86. The van der Waals surface area contributed by atoms with Crippen LogP contribution in [0.5, 0.6) is 11.5 Å². The molecule has 0 bridgehead atoms. The minimum Gasteiger partial charge on any atom is -0.496 e. The zero-order valence-electron chi connectivity index (χ0n) is 19.6. The van der Waals surface area contributed by atoms with Crippen LogP contribution in [0.2, 0.25) is 0 Å². The number of carbonyl (C=O) groups is 1. The Kier molecular flexibility index (Phi) is 7.83. The van der Waals surface area contributed by atoms with Crippen molar-refractivity contribution in [1.29, 1.82) is 0 Å². The van der Waals surface area contributed by atoms with Gasteiger partial charge in [-0.15, -0.1) is 0 Å². The van der Waals surface area contributed by atoms with Crippen LogP contribution in [0.3, 0.4) is 0 Å². The summed E-state index contributed by atoms with van der Waals surface area (Å²) < 4.78 is 79.1. The molecule has 0 unspecified atom stereocenters. The number of rotatable bonds is 9. The Bertz CT molecular complexity index is 1340. The van der Waals surface area contributed by atoms with Gasteiger partial charge in [-0.25, -0.2) is 13.2 Å². The van der Waals surface area contributed by atoms with Crippen molar-refractivity contribution < 1.29 is 41.0 Å². The maximum atomic E-state index is 13.5. The number of nitrogens with zero attached hydrogens (tertiary/aromatic N) is 1. The molecule has 0 aliphatic carbocycles. The molecule has 0 amide bonds. The van der Waals surface area contributed by atoms with Crippen LogP contribution in [0.15, 0.2) is 71.6 Å². The molecule has 0 aromatic heterocycles. The molecule has 3 aromatic carbocycles. The fourth-order valence-corrected chi connectivity index (χ4v) is 5.24. The highest BCUT2D eigenvalue weighted by molar-refractivity contribution is 7.92. The van der Waals surface area contributed by atoms with Crippen molar-refractivity contribution in [2.45, 2.75) is 37.6 Å². The van der Waals surface area contributed by atoms with Crippen molar-refractivity contribution in [3.8, 4) is 11.5 Å². The van der Waals surface area contributed by atoms with Crippen molar-refractivity contribution in [2.75, 3.05) is 11.4 Å². The number of ether oxygens (including phenoxy) is 2. The molecule has 0 saturated carbocycles. The van der Waals surface area contributed by atoms with E-state index >= 15 is 0 Å². The molecule has 0 aliphatic heterocycles. The maximum absolute atomic E-state index is 13.5. The molecule has 0 heterocycles. The van der Waals surface area contributed by atoms with E-state index in [9.17, 15) is 31.5 Å². The number of carboxylic acid groups (broad SMARTS) is 1. The van der Waals surface area contributed by atoms with Crippen molar-refractivity contribution in [1.82, 2.24) is 0 Å². The van der Waals surface area contributed by atoms with Gasteiger partial charge < -0.3 is 14.6 Å². The number of hydrogen-bond donors (Lipinski definition) is 1. The third-order valence-electron chi connectivity index (χ3n) is 5.18. The van der Waals surface area contributed by atoms with E-state index in [-0.39, 0.29) is 34.3 Å². The number of hydrogen-bond acceptors (Lipinski definition) is 5. The van der Waals surface area contributed by atoms with Crippen LogP contribution in [-0.4, -0.2) is 32.6 Å². The molecule has 0 radical (unpaired) electrons. The molecule has 11 heteroatoms. The average Bonchev–Trinajstić information content (AvgIpc) is 2.82. The Morgan fingerprint density at radius 3 is 2.22 bits per heavy atom. The molecule has 36 heavy (non-hydrogen) atoms. The van der Waals surface area contributed by atoms with Gasteiger partial charge in [-0.1, -0.05) is 24.3 Å². The lowest BCUT2D eigenvalue weighted by atomic mass is 10.1. The second-order valence-electron chi connectivity index (χ2n) is 8.02. The van der Waals surface area contributed by atoms with Gasteiger partial charge in [0.15, 0.2) is 0 Å². The van der Waals surface area contributed by atoms with Crippen LogP contribution in [0, 0.1) is 0 Å². The van der Waals surface area contributed by atoms with Crippen LogP contribution in [0.1, 0.15) is 35.3 Å². The molecule has 3 rings (SSSR count). The van der Waals surface area contributed by atoms with E-state index in [1.807, 2.05) is 0 Å². The van der Waals surface area contributed by atoms with Gasteiger partial charge in [0.1, 0.15) is 23.7 Å². The van der Waals surface area contributed by atoms with Gasteiger partial charge in [0.25, 0.3) is 10.0 Å². The van der Waals surface area contributed by atoms with E-state index in [0.717, 1.165) is 22.5 Å². The summed E-state index contributed by atoms with van der Waals surface area (Å²) in [5, 5.41) is 9.24. The van der Waals surface area contributed by atoms with Gasteiger partial charge in [-0.3, -0.25) is 4.31 Å². The quantitative estimate of drug-likeness (QED) is 0.393. The van der Waals surface area contributed by atoms with E-state index in [1.54, 1.807) is 32.0 Å². The smallest absolute Gasteiger partial charge is 0.416 e. The van der Waals surface area contributed by atoms with Crippen LogP contribution in [0.25, 0.3) is 0 Å². The Hall–Kier alpha value is -3.73. The summed E-state index contributed by atoms with van der Waals surface area (Å²) >= 11 is 0. The fourth-order valence-electron chi connectivity index (χ4n) is 3.54. The Balaban J connectivity index is 2.08. The molecular weight excluding hydrogens is 499 g/mol. The lowest BCUT2D eigenvalue weighted by Crippen LogP contribution is -2.37. The number of carboxylic acids is 1. The Morgan fingerprint density at radius 1 is 1.00 bits per heavy atom. The maximum Gasteiger partial charge on any atom is 0.416 e. The van der Waals surface area contributed by atoms with Crippen molar-refractivity contribution in [2.24, 2.45) is 0 Å². The number of sulfonamides is 1. The first-order chi connectivity index (χ1) is 16.9. The number of alkyl halides is 3. The molecule has 0 atom stereocenters. The zero-order chi connectivity index (χ0) is 26.7. The topological polar surface area (TPSA) is 93.1 Å². The minimum atomic E-state index is -4.69. The second-order valence-corrected chi connectivity index (χ2v) is 9.83. The van der Waals surface area contributed by atoms with Crippen LogP contribution < -0.4 is 13.8 Å². The van der Waals surface area contributed by atoms with Gasteiger partial charge in [-0.2, -0.15) is 13.2 Å². The third-order valence-corrected chi connectivity index (χ3v) is 7.19. The van der Waals surface area contributed by atoms with Gasteiger partial charge in [0, 0.05) is 6.04 Å². The second kappa shape index (κ2) is 10.5. The van der Waals surface area contributed by atoms with Crippen LogP contribution in [0.4, 0.5) is 18.9 Å². The minimum absolute atomic E-state index is 0.0291.